The lowest BCUT2D eigenvalue weighted by Gasteiger charge is -2.23. The summed E-state index contributed by atoms with van der Waals surface area (Å²) in [5.74, 6) is -0.623. The molecule has 1 aromatic rings. The molecule has 0 fully saturated rings. The van der Waals surface area contributed by atoms with Crippen LogP contribution >= 0.6 is 0 Å². The lowest BCUT2D eigenvalue weighted by molar-refractivity contribution is 0.1000. The van der Waals surface area contributed by atoms with Crippen molar-refractivity contribution in [3.8, 4) is 0 Å². The number of aliphatic hydroxyl groups excluding tert-OH is 1. The zero-order valence-corrected chi connectivity index (χ0v) is 11.0. The molecule has 1 amide bonds. The van der Waals surface area contributed by atoms with Crippen molar-refractivity contribution >= 4 is 15.9 Å². The normalized spacial score (nSPS) is 12.4. The highest BCUT2D eigenvalue weighted by atomic mass is 32.2. The zero-order chi connectivity index (χ0) is 14.0. The number of primary amides is 1. The van der Waals surface area contributed by atoms with Crippen LogP contribution in [0, 0.1) is 0 Å². The summed E-state index contributed by atoms with van der Waals surface area (Å²) in [6.07, 6.45) is 0. The molecule has 0 atom stereocenters. The largest absolute Gasteiger partial charge is 0.394 e. The summed E-state index contributed by atoms with van der Waals surface area (Å²) >= 11 is 0. The van der Waals surface area contributed by atoms with Gasteiger partial charge in [-0.25, -0.2) is 13.1 Å². The van der Waals surface area contributed by atoms with E-state index in [9.17, 15) is 13.2 Å². The number of aliphatic hydroxyl groups is 1. The molecule has 0 bridgehead atoms. The summed E-state index contributed by atoms with van der Waals surface area (Å²) in [6, 6.07) is 5.25. The second kappa shape index (κ2) is 5.05. The van der Waals surface area contributed by atoms with Crippen molar-refractivity contribution < 1.29 is 18.3 Å². The van der Waals surface area contributed by atoms with Crippen LogP contribution in [0.4, 0.5) is 0 Å². The molecule has 100 valence electrons. The van der Waals surface area contributed by atoms with Crippen LogP contribution < -0.4 is 10.5 Å². The fourth-order valence-electron chi connectivity index (χ4n) is 1.25. The maximum Gasteiger partial charge on any atom is 0.248 e. The van der Waals surface area contributed by atoms with E-state index in [2.05, 4.69) is 4.72 Å². The van der Waals surface area contributed by atoms with Crippen molar-refractivity contribution in [1.29, 1.82) is 0 Å². The molecular formula is C11H16N2O4S. The summed E-state index contributed by atoms with van der Waals surface area (Å²) in [6.45, 7) is 2.79. The van der Waals surface area contributed by atoms with Crippen LogP contribution in [0.3, 0.4) is 0 Å². The number of benzene rings is 1. The second-order valence-corrected chi connectivity index (χ2v) is 6.22. The maximum atomic E-state index is 11.9. The third-order valence-electron chi connectivity index (χ3n) is 2.26. The first kappa shape index (κ1) is 14.6. The Labute approximate surface area is 106 Å². The molecule has 0 aliphatic rings. The van der Waals surface area contributed by atoms with E-state index in [0.29, 0.717) is 0 Å². The van der Waals surface area contributed by atoms with Crippen LogP contribution in [0.1, 0.15) is 24.2 Å². The summed E-state index contributed by atoms with van der Waals surface area (Å²) in [7, 11) is -3.73. The van der Waals surface area contributed by atoms with Crippen molar-refractivity contribution in [2.24, 2.45) is 5.73 Å². The Hall–Kier alpha value is -1.44. The van der Waals surface area contributed by atoms with E-state index in [1.54, 1.807) is 13.8 Å². The minimum absolute atomic E-state index is 0.00836. The van der Waals surface area contributed by atoms with Crippen LogP contribution in [-0.2, 0) is 10.0 Å². The van der Waals surface area contributed by atoms with Crippen LogP contribution in [0.15, 0.2) is 29.2 Å². The Morgan fingerprint density at radius 2 is 1.83 bits per heavy atom. The minimum atomic E-state index is -3.73. The van der Waals surface area contributed by atoms with Gasteiger partial charge in [0.05, 0.1) is 17.0 Å². The third kappa shape index (κ3) is 3.52. The number of amides is 1. The molecule has 4 N–H and O–H groups in total. The van der Waals surface area contributed by atoms with E-state index < -0.39 is 21.5 Å². The number of carbonyl (C=O) groups is 1. The highest BCUT2D eigenvalue weighted by Crippen LogP contribution is 2.13. The van der Waals surface area contributed by atoms with Gasteiger partial charge in [-0.3, -0.25) is 4.79 Å². The van der Waals surface area contributed by atoms with Gasteiger partial charge < -0.3 is 10.8 Å². The summed E-state index contributed by atoms with van der Waals surface area (Å²) in [5.41, 5.74) is 4.33. The van der Waals surface area contributed by atoms with E-state index in [0.717, 1.165) is 0 Å². The number of sulfonamides is 1. The summed E-state index contributed by atoms with van der Waals surface area (Å²) in [4.78, 5) is 10.9. The van der Waals surface area contributed by atoms with Gasteiger partial charge in [-0.05, 0) is 38.1 Å². The third-order valence-corrected chi connectivity index (χ3v) is 3.97. The van der Waals surface area contributed by atoms with Crippen LogP contribution in [0.2, 0.25) is 0 Å². The molecule has 0 aliphatic carbocycles. The van der Waals surface area contributed by atoms with Gasteiger partial charge in [-0.1, -0.05) is 0 Å². The molecule has 0 unspecified atom stereocenters. The fourth-order valence-corrected chi connectivity index (χ4v) is 2.66. The fraction of sp³-hybridized carbons (Fsp3) is 0.364. The zero-order valence-electron chi connectivity index (χ0n) is 10.2. The molecule has 0 heterocycles. The first-order valence-electron chi connectivity index (χ1n) is 5.23. The monoisotopic (exact) mass is 272 g/mol. The van der Waals surface area contributed by atoms with E-state index >= 15 is 0 Å². The molecule has 0 saturated heterocycles. The Morgan fingerprint density at radius 3 is 2.22 bits per heavy atom. The van der Waals surface area contributed by atoms with Crippen LogP contribution in [0.25, 0.3) is 0 Å². The minimum Gasteiger partial charge on any atom is -0.394 e. The lowest BCUT2D eigenvalue weighted by atomic mass is 10.1. The average Bonchev–Trinajstić information content (AvgIpc) is 2.28. The van der Waals surface area contributed by atoms with Gasteiger partial charge >= 0.3 is 0 Å². The van der Waals surface area contributed by atoms with Gasteiger partial charge in [0, 0.05) is 5.56 Å². The maximum absolute atomic E-state index is 11.9. The molecular weight excluding hydrogens is 256 g/mol. The topological polar surface area (TPSA) is 109 Å². The first-order chi connectivity index (χ1) is 8.18. The number of nitrogens with one attached hydrogen (secondary N) is 1. The number of hydrogen-bond donors (Lipinski definition) is 3. The van der Waals surface area contributed by atoms with Gasteiger partial charge in [0.1, 0.15) is 0 Å². The Kier molecular flexibility index (Phi) is 4.10. The van der Waals surface area contributed by atoms with Gasteiger partial charge in [0.2, 0.25) is 15.9 Å². The predicted octanol–water partition coefficient (Wildman–Crippen LogP) is -0.165. The molecule has 0 saturated carbocycles. The van der Waals surface area contributed by atoms with Crippen molar-refractivity contribution in [2.45, 2.75) is 24.3 Å². The molecule has 0 spiro atoms. The van der Waals surface area contributed by atoms with E-state index in [1.807, 2.05) is 0 Å². The summed E-state index contributed by atoms with van der Waals surface area (Å²) < 4.78 is 26.3. The molecule has 1 rings (SSSR count). The first-order valence-corrected chi connectivity index (χ1v) is 6.71. The smallest absolute Gasteiger partial charge is 0.248 e. The van der Waals surface area contributed by atoms with E-state index in [4.69, 9.17) is 10.8 Å². The van der Waals surface area contributed by atoms with Crippen molar-refractivity contribution in [3.05, 3.63) is 29.8 Å². The van der Waals surface area contributed by atoms with E-state index in [1.165, 1.54) is 24.3 Å². The quantitative estimate of drug-likeness (QED) is 0.691. The molecule has 1 aromatic carbocycles. The SMILES string of the molecule is CC(C)(CO)NS(=O)(=O)c1ccc(C(N)=O)cc1. The predicted molar refractivity (Wildman–Crippen MR) is 66.4 cm³/mol. The second-order valence-electron chi connectivity index (χ2n) is 4.54. The van der Waals surface area contributed by atoms with Crippen molar-refractivity contribution in [1.82, 2.24) is 4.72 Å². The molecule has 7 heteroatoms. The van der Waals surface area contributed by atoms with Gasteiger partial charge in [-0.2, -0.15) is 0 Å². The van der Waals surface area contributed by atoms with Crippen molar-refractivity contribution in [2.75, 3.05) is 6.61 Å². The van der Waals surface area contributed by atoms with Crippen LogP contribution in [-0.4, -0.2) is 31.6 Å². The van der Waals surface area contributed by atoms with Gasteiger partial charge in [0.25, 0.3) is 0 Å². The Bertz CT molecular complexity index is 535. The Morgan fingerprint density at radius 1 is 1.33 bits per heavy atom. The molecule has 18 heavy (non-hydrogen) atoms. The van der Waals surface area contributed by atoms with Gasteiger partial charge in [0.15, 0.2) is 0 Å². The molecule has 0 aliphatic heterocycles. The number of rotatable bonds is 5. The molecule has 0 radical (unpaired) electrons. The Balaban J connectivity index is 3.03. The lowest BCUT2D eigenvalue weighted by Crippen LogP contribution is -2.46. The average molecular weight is 272 g/mol. The summed E-state index contributed by atoms with van der Waals surface area (Å²) in [5, 5.41) is 9.03. The number of hydrogen-bond acceptors (Lipinski definition) is 4. The van der Waals surface area contributed by atoms with Gasteiger partial charge in [-0.15, -0.1) is 0 Å². The standard InChI is InChI=1S/C11H16N2O4S/c1-11(2,7-14)13-18(16,17)9-5-3-8(4-6-9)10(12)15/h3-6,13-14H,7H2,1-2H3,(H2,12,15). The molecule has 6 nitrogen and oxygen atoms in total. The van der Waals surface area contributed by atoms with E-state index in [-0.39, 0.29) is 17.1 Å². The number of nitrogens with two attached hydrogens (primary N) is 1. The molecule has 0 aromatic heterocycles. The highest BCUT2D eigenvalue weighted by Gasteiger charge is 2.25. The van der Waals surface area contributed by atoms with Crippen LogP contribution in [0.5, 0.6) is 0 Å². The van der Waals surface area contributed by atoms with Crippen molar-refractivity contribution in [3.63, 3.8) is 0 Å². The highest BCUT2D eigenvalue weighted by molar-refractivity contribution is 7.89. The number of carbonyl (C=O) groups excluding carboxylic acids is 1.